The lowest BCUT2D eigenvalue weighted by atomic mass is 10.1. The highest BCUT2D eigenvalue weighted by molar-refractivity contribution is 6.42. The zero-order chi connectivity index (χ0) is 14.0. The quantitative estimate of drug-likeness (QED) is 0.862. The predicted molar refractivity (Wildman–Crippen MR) is 75.4 cm³/mol. The fourth-order valence-electron chi connectivity index (χ4n) is 1.58. The van der Waals surface area contributed by atoms with Gasteiger partial charge in [-0.3, -0.25) is 0 Å². The monoisotopic (exact) mass is 296 g/mol. The number of rotatable bonds is 2. The molecule has 0 fully saturated rings. The van der Waals surface area contributed by atoms with Crippen LogP contribution in [-0.2, 0) is 4.74 Å². The number of esters is 1. The average Bonchev–Trinajstić information content (AvgIpc) is 2.41. The molecular formula is C13H10Cl2N2O2. The number of ether oxygens (including phenoxy) is 1. The van der Waals surface area contributed by atoms with Crippen molar-refractivity contribution in [3.8, 4) is 11.1 Å². The molecule has 1 aromatic heterocycles. The molecule has 0 aliphatic heterocycles. The normalized spacial score (nSPS) is 10.3. The molecule has 0 radical (unpaired) electrons. The van der Waals surface area contributed by atoms with Gasteiger partial charge in [0.15, 0.2) is 0 Å². The first kappa shape index (κ1) is 13.6. The Labute approximate surface area is 120 Å². The molecule has 6 heteroatoms. The molecule has 0 unspecified atom stereocenters. The molecule has 19 heavy (non-hydrogen) atoms. The number of anilines is 1. The van der Waals surface area contributed by atoms with Crippen molar-refractivity contribution in [3.05, 3.63) is 46.1 Å². The summed E-state index contributed by atoms with van der Waals surface area (Å²) in [5.41, 5.74) is 7.34. The van der Waals surface area contributed by atoms with E-state index in [1.165, 1.54) is 7.11 Å². The number of nitrogens with two attached hydrogens (primary N) is 1. The number of methoxy groups -OCH3 is 1. The number of halogens is 2. The Morgan fingerprint density at radius 3 is 2.58 bits per heavy atom. The third-order valence-corrected chi connectivity index (χ3v) is 3.32. The van der Waals surface area contributed by atoms with Crippen LogP contribution in [0.3, 0.4) is 0 Å². The maximum atomic E-state index is 11.5. The van der Waals surface area contributed by atoms with Crippen LogP contribution in [0.4, 0.5) is 5.82 Å². The lowest BCUT2D eigenvalue weighted by Gasteiger charge is -2.07. The minimum Gasteiger partial charge on any atom is -0.465 e. The largest absolute Gasteiger partial charge is 0.465 e. The number of benzene rings is 1. The van der Waals surface area contributed by atoms with Gasteiger partial charge in [0, 0.05) is 11.8 Å². The second kappa shape index (κ2) is 5.47. The van der Waals surface area contributed by atoms with Crippen LogP contribution >= 0.6 is 23.2 Å². The smallest absolute Gasteiger partial charge is 0.341 e. The minimum atomic E-state index is -0.535. The zero-order valence-corrected chi connectivity index (χ0v) is 11.5. The third-order valence-electron chi connectivity index (χ3n) is 2.58. The van der Waals surface area contributed by atoms with E-state index < -0.39 is 5.97 Å². The molecule has 0 saturated carbocycles. The first-order valence-electron chi connectivity index (χ1n) is 5.32. The second-order valence-corrected chi connectivity index (χ2v) is 4.59. The van der Waals surface area contributed by atoms with Gasteiger partial charge in [-0.1, -0.05) is 29.3 Å². The second-order valence-electron chi connectivity index (χ2n) is 3.78. The number of nitrogen functional groups attached to an aromatic ring is 1. The van der Waals surface area contributed by atoms with Gasteiger partial charge in [0.1, 0.15) is 11.4 Å². The van der Waals surface area contributed by atoms with E-state index in [9.17, 15) is 4.79 Å². The van der Waals surface area contributed by atoms with Crippen molar-refractivity contribution >= 4 is 35.0 Å². The van der Waals surface area contributed by atoms with Crippen molar-refractivity contribution in [1.29, 1.82) is 0 Å². The van der Waals surface area contributed by atoms with Gasteiger partial charge in [-0.05, 0) is 23.8 Å². The van der Waals surface area contributed by atoms with Crippen molar-refractivity contribution in [3.63, 3.8) is 0 Å². The summed E-state index contributed by atoms with van der Waals surface area (Å²) >= 11 is 11.8. The van der Waals surface area contributed by atoms with Crippen LogP contribution in [0.15, 0.2) is 30.5 Å². The minimum absolute atomic E-state index is 0.121. The first-order valence-corrected chi connectivity index (χ1v) is 6.07. The maximum Gasteiger partial charge on any atom is 0.341 e. The summed E-state index contributed by atoms with van der Waals surface area (Å²) in [5, 5.41) is 0.887. The number of aromatic nitrogens is 1. The number of hydrogen-bond acceptors (Lipinski definition) is 4. The third kappa shape index (κ3) is 2.80. The van der Waals surface area contributed by atoms with Crippen LogP contribution in [0, 0.1) is 0 Å². The standard InChI is InChI=1S/C13H10Cl2N2O2/c1-19-13(18)9-4-8(6-17-12(9)16)7-2-3-10(14)11(15)5-7/h2-6H,1H3,(H2,16,17). The van der Waals surface area contributed by atoms with Crippen LogP contribution in [0.2, 0.25) is 10.0 Å². The Bertz CT molecular complexity index is 645. The Morgan fingerprint density at radius 2 is 1.95 bits per heavy atom. The summed E-state index contributed by atoms with van der Waals surface area (Å²) < 4.78 is 4.64. The van der Waals surface area contributed by atoms with Crippen LogP contribution in [0.25, 0.3) is 11.1 Å². The number of carbonyl (C=O) groups excluding carboxylic acids is 1. The highest BCUT2D eigenvalue weighted by Crippen LogP contribution is 2.29. The Morgan fingerprint density at radius 1 is 1.21 bits per heavy atom. The van der Waals surface area contributed by atoms with Gasteiger partial charge in [0.25, 0.3) is 0 Å². The van der Waals surface area contributed by atoms with Gasteiger partial charge in [-0.15, -0.1) is 0 Å². The molecule has 0 aliphatic carbocycles. The lowest BCUT2D eigenvalue weighted by molar-refractivity contribution is 0.0601. The van der Waals surface area contributed by atoms with Crippen LogP contribution in [-0.4, -0.2) is 18.1 Å². The highest BCUT2D eigenvalue weighted by atomic mass is 35.5. The van der Waals surface area contributed by atoms with Crippen LogP contribution in [0.1, 0.15) is 10.4 Å². The maximum absolute atomic E-state index is 11.5. The molecule has 0 amide bonds. The van der Waals surface area contributed by atoms with Gasteiger partial charge in [0.2, 0.25) is 0 Å². The SMILES string of the molecule is COC(=O)c1cc(-c2ccc(Cl)c(Cl)c2)cnc1N. The van der Waals surface area contributed by atoms with Gasteiger partial charge in [-0.2, -0.15) is 0 Å². The summed E-state index contributed by atoms with van der Waals surface area (Å²) in [6.45, 7) is 0. The van der Waals surface area contributed by atoms with E-state index in [1.54, 1.807) is 30.5 Å². The van der Waals surface area contributed by atoms with Gasteiger partial charge >= 0.3 is 5.97 Å². The van der Waals surface area contributed by atoms with Crippen LogP contribution < -0.4 is 5.73 Å². The fourth-order valence-corrected chi connectivity index (χ4v) is 1.88. The fraction of sp³-hybridized carbons (Fsp3) is 0.0769. The number of pyridine rings is 1. The molecule has 0 aliphatic rings. The molecule has 98 valence electrons. The van der Waals surface area contributed by atoms with E-state index in [4.69, 9.17) is 28.9 Å². The van der Waals surface area contributed by atoms with Crippen LogP contribution in [0.5, 0.6) is 0 Å². The topological polar surface area (TPSA) is 65.2 Å². The number of nitrogens with zero attached hydrogens (tertiary/aromatic N) is 1. The predicted octanol–water partition coefficient (Wildman–Crippen LogP) is 3.42. The Hall–Kier alpha value is -1.78. The summed E-state index contributed by atoms with van der Waals surface area (Å²) in [7, 11) is 1.29. The van der Waals surface area contributed by atoms with Crippen molar-refractivity contribution < 1.29 is 9.53 Å². The van der Waals surface area contributed by atoms with Crippen molar-refractivity contribution in [1.82, 2.24) is 4.98 Å². The Balaban J connectivity index is 2.51. The Kier molecular flexibility index (Phi) is 3.93. The molecule has 0 saturated heterocycles. The van der Waals surface area contributed by atoms with Crippen molar-refractivity contribution in [2.24, 2.45) is 0 Å². The molecule has 1 heterocycles. The van der Waals surface area contributed by atoms with E-state index >= 15 is 0 Å². The van der Waals surface area contributed by atoms with E-state index in [0.29, 0.717) is 15.6 Å². The number of carbonyl (C=O) groups is 1. The molecule has 0 spiro atoms. The molecule has 1 aromatic carbocycles. The summed E-state index contributed by atoms with van der Waals surface area (Å²) in [6.07, 6.45) is 1.56. The van der Waals surface area contributed by atoms with E-state index in [2.05, 4.69) is 9.72 Å². The van der Waals surface area contributed by atoms with Crippen molar-refractivity contribution in [2.75, 3.05) is 12.8 Å². The van der Waals surface area contributed by atoms with Gasteiger partial charge in [0.05, 0.1) is 17.2 Å². The summed E-state index contributed by atoms with van der Waals surface area (Å²) in [6, 6.07) is 6.75. The zero-order valence-electron chi connectivity index (χ0n) is 9.98. The molecule has 2 N–H and O–H groups in total. The van der Waals surface area contributed by atoms with E-state index in [-0.39, 0.29) is 11.4 Å². The molecule has 2 rings (SSSR count). The lowest BCUT2D eigenvalue weighted by Crippen LogP contribution is -2.07. The molecule has 4 nitrogen and oxygen atoms in total. The average molecular weight is 297 g/mol. The molecule has 2 aromatic rings. The first-order chi connectivity index (χ1) is 9.02. The van der Waals surface area contributed by atoms with Gasteiger partial charge in [-0.25, -0.2) is 9.78 Å². The highest BCUT2D eigenvalue weighted by Gasteiger charge is 2.13. The van der Waals surface area contributed by atoms with Crippen molar-refractivity contribution in [2.45, 2.75) is 0 Å². The summed E-state index contributed by atoms with van der Waals surface area (Å²) in [5.74, 6) is -0.414. The number of hydrogen-bond donors (Lipinski definition) is 1. The molecule has 0 bridgehead atoms. The summed E-state index contributed by atoms with van der Waals surface area (Å²) in [4.78, 5) is 15.5. The molecule has 0 atom stereocenters. The van der Waals surface area contributed by atoms with Gasteiger partial charge < -0.3 is 10.5 Å². The van der Waals surface area contributed by atoms with E-state index in [1.807, 2.05) is 0 Å². The van der Waals surface area contributed by atoms with E-state index in [0.717, 1.165) is 5.56 Å². The molecular weight excluding hydrogens is 287 g/mol.